The summed E-state index contributed by atoms with van der Waals surface area (Å²) < 4.78 is 13.0. The molecule has 5 nitrogen and oxygen atoms in total. The van der Waals surface area contributed by atoms with Crippen molar-refractivity contribution in [3.8, 4) is 0 Å². The van der Waals surface area contributed by atoms with Gasteiger partial charge in [-0.1, -0.05) is 47.3 Å². The highest BCUT2D eigenvalue weighted by Gasteiger charge is 2.31. The number of aliphatic hydroxyl groups is 1. The second-order valence-corrected chi connectivity index (χ2v) is 8.75. The van der Waals surface area contributed by atoms with Crippen molar-refractivity contribution in [3.63, 3.8) is 0 Å². The standard InChI is InChI=1S/C23H32BrNO4/c24-20-10-8-18(9-11-20)19-16-21(29-22(17-19)28-15-7-6-14-26)23(27)25-12-4-2-1-3-5-13-25/h8-11,16,19,22,26H,1-7,12-15,17H2/t19-,22+/m1/s1. The van der Waals surface area contributed by atoms with Crippen LogP contribution in [0.4, 0.5) is 0 Å². The molecule has 0 unspecified atom stereocenters. The first-order chi connectivity index (χ1) is 14.2. The number of benzene rings is 1. The smallest absolute Gasteiger partial charge is 0.288 e. The Kier molecular flexibility index (Phi) is 9.02. The first kappa shape index (κ1) is 22.3. The molecular formula is C23H32BrNO4. The zero-order valence-electron chi connectivity index (χ0n) is 17.0. The number of nitrogens with zero attached hydrogens (tertiary/aromatic N) is 1. The van der Waals surface area contributed by atoms with Gasteiger partial charge < -0.3 is 19.5 Å². The monoisotopic (exact) mass is 465 g/mol. The quantitative estimate of drug-likeness (QED) is 0.590. The Morgan fingerprint density at radius 3 is 2.48 bits per heavy atom. The maximum Gasteiger partial charge on any atom is 0.288 e. The van der Waals surface area contributed by atoms with Crippen LogP contribution < -0.4 is 0 Å². The Bertz CT molecular complexity index is 668. The lowest BCUT2D eigenvalue weighted by Crippen LogP contribution is -2.38. The summed E-state index contributed by atoms with van der Waals surface area (Å²) in [6, 6.07) is 8.21. The van der Waals surface area contributed by atoms with Gasteiger partial charge in [-0.3, -0.25) is 4.79 Å². The Hall–Kier alpha value is -1.37. The third-order valence-electron chi connectivity index (χ3n) is 5.57. The average molecular weight is 466 g/mol. The molecule has 160 valence electrons. The van der Waals surface area contributed by atoms with Gasteiger partial charge in [0.15, 0.2) is 5.76 Å². The lowest BCUT2D eigenvalue weighted by molar-refractivity contribution is -0.153. The van der Waals surface area contributed by atoms with Crippen LogP contribution in [0.3, 0.4) is 0 Å². The summed E-state index contributed by atoms with van der Waals surface area (Å²) in [5.41, 5.74) is 1.15. The highest BCUT2D eigenvalue weighted by Crippen LogP contribution is 2.33. The molecule has 2 heterocycles. The van der Waals surface area contributed by atoms with E-state index in [2.05, 4.69) is 28.1 Å². The van der Waals surface area contributed by atoms with Crippen molar-refractivity contribution in [1.82, 2.24) is 4.90 Å². The van der Waals surface area contributed by atoms with Crippen LogP contribution in [0.25, 0.3) is 0 Å². The van der Waals surface area contributed by atoms with E-state index < -0.39 is 6.29 Å². The summed E-state index contributed by atoms with van der Waals surface area (Å²) in [6.45, 7) is 2.27. The highest BCUT2D eigenvalue weighted by molar-refractivity contribution is 9.10. The molecule has 0 spiro atoms. The fourth-order valence-corrected chi connectivity index (χ4v) is 4.15. The van der Waals surface area contributed by atoms with Gasteiger partial charge >= 0.3 is 0 Å². The van der Waals surface area contributed by atoms with Crippen molar-refractivity contribution < 1.29 is 19.4 Å². The highest BCUT2D eigenvalue weighted by atomic mass is 79.9. The van der Waals surface area contributed by atoms with Crippen molar-refractivity contribution in [2.45, 2.75) is 63.6 Å². The van der Waals surface area contributed by atoms with Gasteiger partial charge in [0, 0.05) is 36.5 Å². The van der Waals surface area contributed by atoms with Crippen LogP contribution in [0, 0.1) is 0 Å². The number of ether oxygens (including phenoxy) is 2. The minimum Gasteiger partial charge on any atom is -0.459 e. The molecule has 0 aromatic heterocycles. The van der Waals surface area contributed by atoms with Crippen LogP contribution in [0.2, 0.25) is 0 Å². The number of carbonyl (C=O) groups is 1. The largest absolute Gasteiger partial charge is 0.459 e. The fourth-order valence-electron chi connectivity index (χ4n) is 3.89. The molecule has 1 N–H and O–H groups in total. The molecule has 3 rings (SSSR count). The molecule has 6 heteroatoms. The number of likely N-dealkylation sites (tertiary alicyclic amines) is 1. The van der Waals surface area contributed by atoms with Crippen LogP contribution in [-0.4, -0.2) is 48.5 Å². The van der Waals surface area contributed by atoms with Gasteiger partial charge in [0.05, 0.1) is 6.61 Å². The lowest BCUT2D eigenvalue weighted by atomic mass is 9.93. The maximum absolute atomic E-state index is 13.2. The topological polar surface area (TPSA) is 59.0 Å². The molecule has 1 fully saturated rings. The summed E-state index contributed by atoms with van der Waals surface area (Å²) in [4.78, 5) is 15.1. The maximum atomic E-state index is 13.2. The summed E-state index contributed by atoms with van der Waals surface area (Å²) in [6.07, 6.45) is 9.42. The summed E-state index contributed by atoms with van der Waals surface area (Å²) in [5.74, 6) is 0.475. The van der Waals surface area contributed by atoms with Crippen molar-refractivity contribution in [2.24, 2.45) is 0 Å². The van der Waals surface area contributed by atoms with Crippen molar-refractivity contribution >= 4 is 21.8 Å². The van der Waals surface area contributed by atoms with Crippen molar-refractivity contribution in [2.75, 3.05) is 26.3 Å². The summed E-state index contributed by atoms with van der Waals surface area (Å²) in [7, 11) is 0. The first-order valence-corrected chi connectivity index (χ1v) is 11.6. The molecule has 2 aliphatic heterocycles. The molecule has 29 heavy (non-hydrogen) atoms. The Morgan fingerprint density at radius 1 is 1.10 bits per heavy atom. The van der Waals surface area contributed by atoms with Gasteiger partial charge in [-0.05, 0) is 49.5 Å². The molecule has 0 saturated carbocycles. The molecule has 1 saturated heterocycles. The molecule has 0 bridgehead atoms. The fraction of sp³-hybridized carbons (Fsp3) is 0.609. The predicted molar refractivity (Wildman–Crippen MR) is 116 cm³/mol. The third-order valence-corrected chi connectivity index (χ3v) is 6.09. The first-order valence-electron chi connectivity index (χ1n) is 10.8. The van der Waals surface area contributed by atoms with E-state index in [4.69, 9.17) is 14.6 Å². The zero-order chi connectivity index (χ0) is 20.5. The number of aliphatic hydroxyl groups excluding tert-OH is 1. The number of hydrogen-bond donors (Lipinski definition) is 1. The number of unbranched alkanes of at least 4 members (excludes halogenated alkanes) is 1. The van der Waals surface area contributed by atoms with E-state index in [1.54, 1.807) is 0 Å². The van der Waals surface area contributed by atoms with Gasteiger partial charge in [-0.2, -0.15) is 0 Å². The van der Waals surface area contributed by atoms with E-state index in [-0.39, 0.29) is 18.4 Å². The van der Waals surface area contributed by atoms with Gasteiger partial charge in [-0.15, -0.1) is 0 Å². The zero-order valence-corrected chi connectivity index (χ0v) is 18.6. The Labute approximate surface area is 182 Å². The van der Waals surface area contributed by atoms with E-state index in [9.17, 15) is 4.79 Å². The lowest BCUT2D eigenvalue weighted by Gasteiger charge is -2.32. The van der Waals surface area contributed by atoms with Gasteiger partial charge in [-0.25, -0.2) is 0 Å². The molecular weight excluding hydrogens is 434 g/mol. The van der Waals surface area contributed by atoms with E-state index in [0.29, 0.717) is 25.2 Å². The van der Waals surface area contributed by atoms with E-state index >= 15 is 0 Å². The molecule has 2 atom stereocenters. The molecule has 1 aromatic carbocycles. The van der Waals surface area contributed by atoms with Crippen molar-refractivity contribution in [3.05, 3.63) is 46.1 Å². The Balaban J connectivity index is 1.73. The minimum absolute atomic E-state index is 0.0160. The molecule has 2 aliphatic rings. The van der Waals surface area contributed by atoms with Crippen LogP contribution in [-0.2, 0) is 14.3 Å². The number of amides is 1. The summed E-state index contributed by atoms with van der Waals surface area (Å²) in [5, 5.41) is 8.97. The van der Waals surface area contributed by atoms with E-state index in [1.165, 1.54) is 19.3 Å². The van der Waals surface area contributed by atoms with Crippen molar-refractivity contribution in [1.29, 1.82) is 0 Å². The van der Waals surface area contributed by atoms with Crippen LogP contribution >= 0.6 is 15.9 Å². The summed E-state index contributed by atoms with van der Waals surface area (Å²) >= 11 is 3.49. The van der Waals surface area contributed by atoms with Gasteiger partial charge in [0.2, 0.25) is 6.29 Å². The van der Waals surface area contributed by atoms with Gasteiger partial charge in [0.25, 0.3) is 5.91 Å². The van der Waals surface area contributed by atoms with Crippen LogP contribution in [0.1, 0.15) is 62.8 Å². The van der Waals surface area contributed by atoms with E-state index in [0.717, 1.165) is 42.4 Å². The molecule has 0 aliphatic carbocycles. The second kappa shape index (κ2) is 11.7. The van der Waals surface area contributed by atoms with Crippen LogP contribution in [0.15, 0.2) is 40.6 Å². The average Bonchev–Trinajstić information content (AvgIpc) is 2.71. The SMILES string of the molecule is O=C(C1=C[C@@H](c2ccc(Br)cc2)C[C@@H](OCCCCO)O1)N1CCCCCCC1. The number of halogens is 1. The predicted octanol–water partition coefficient (Wildman–Crippen LogP) is 4.74. The third kappa shape index (κ3) is 6.83. The number of allylic oxidation sites excluding steroid dienone is 1. The number of hydrogen-bond acceptors (Lipinski definition) is 4. The Morgan fingerprint density at radius 2 is 1.79 bits per heavy atom. The van der Waals surface area contributed by atoms with Gasteiger partial charge in [0.1, 0.15) is 0 Å². The number of rotatable bonds is 7. The number of carbonyl (C=O) groups excluding carboxylic acids is 1. The second-order valence-electron chi connectivity index (χ2n) is 7.83. The minimum atomic E-state index is -0.443. The van der Waals surface area contributed by atoms with Crippen LogP contribution in [0.5, 0.6) is 0 Å². The molecule has 1 amide bonds. The molecule has 0 radical (unpaired) electrons. The molecule has 1 aromatic rings. The normalized spacial score (nSPS) is 23.0. The van der Waals surface area contributed by atoms with E-state index in [1.807, 2.05) is 23.1 Å².